The average molecular weight is 475 g/mol. The van der Waals surface area contributed by atoms with Crippen molar-refractivity contribution in [2.24, 2.45) is 0 Å². The Balaban J connectivity index is 1.40. The van der Waals surface area contributed by atoms with Crippen LogP contribution in [0.2, 0.25) is 0 Å². The van der Waals surface area contributed by atoms with E-state index in [-0.39, 0.29) is 22.6 Å². The lowest BCUT2D eigenvalue weighted by Crippen LogP contribution is -2.00. The number of benzene rings is 2. The van der Waals surface area contributed by atoms with Gasteiger partial charge in [-0.15, -0.1) is 0 Å². The molecule has 186 valence electrons. The van der Waals surface area contributed by atoms with Gasteiger partial charge in [0.1, 0.15) is 34.1 Å². The summed E-state index contributed by atoms with van der Waals surface area (Å²) in [6.07, 6.45) is 11.0. The van der Waals surface area contributed by atoms with Crippen LogP contribution in [0.3, 0.4) is 0 Å². The second-order valence-corrected chi connectivity index (χ2v) is 8.20. The molecule has 0 aromatic heterocycles. The Morgan fingerprint density at radius 3 is 1.18 bits per heavy atom. The minimum atomic E-state index is -1.16. The maximum absolute atomic E-state index is 10.9. The monoisotopic (exact) mass is 474 g/mol. The van der Waals surface area contributed by atoms with Crippen LogP contribution in [0.25, 0.3) is 0 Å². The van der Waals surface area contributed by atoms with E-state index in [1.807, 2.05) is 0 Å². The van der Waals surface area contributed by atoms with E-state index in [1.165, 1.54) is 49.9 Å². The summed E-state index contributed by atoms with van der Waals surface area (Å²) in [5, 5.41) is 37.1. The van der Waals surface area contributed by atoms with Crippen LogP contribution in [0.5, 0.6) is 23.0 Å². The third-order valence-electron chi connectivity index (χ3n) is 5.48. The van der Waals surface area contributed by atoms with E-state index >= 15 is 0 Å². The smallest absolute Gasteiger partial charge is 0.339 e. The van der Waals surface area contributed by atoms with Gasteiger partial charge in [0.05, 0.1) is 13.2 Å². The van der Waals surface area contributed by atoms with Crippen molar-refractivity contribution in [1.29, 1.82) is 0 Å². The molecule has 0 radical (unpaired) electrons. The van der Waals surface area contributed by atoms with E-state index in [4.69, 9.17) is 19.7 Å². The number of aromatic carboxylic acids is 2. The van der Waals surface area contributed by atoms with Crippen molar-refractivity contribution in [1.82, 2.24) is 0 Å². The third kappa shape index (κ3) is 9.60. The highest BCUT2D eigenvalue weighted by molar-refractivity contribution is 5.91. The summed E-state index contributed by atoms with van der Waals surface area (Å²) < 4.78 is 11.1. The molecule has 8 nitrogen and oxygen atoms in total. The average Bonchev–Trinajstić information content (AvgIpc) is 2.79. The molecule has 4 N–H and O–H groups in total. The molecule has 0 atom stereocenters. The van der Waals surface area contributed by atoms with Crippen molar-refractivity contribution < 1.29 is 39.5 Å². The van der Waals surface area contributed by atoms with Gasteiger partial charge in [0.15, 0.2) is 0 Å². The maximum atomic E-state index is 10.9. The van der Waals surface area contributed by atoms with Gasteiger partial charge in [-0.25, -0.2) is 9.59 Å². The van der Waals surface area contributed by atoms with Gasteiger partial charge < -0.3 is 29.9 Å². The van der Waals surface area contributed by atoms with Gasteiger partial charge in [-0.1, -0.05) is 51.4 Å². The van der Waals surface area contributed by atoms with Crippen molar-refractivity contribution >= 4 is 11.9 Å². The second-order valence-electron chi connectivity index (χ2n) is 8.20. The predicted molar refractivity (Wildman–Crippen MR) is 127 cm³/mol. The number of hydrogen-bond acceptors (Lipinski definition) is 6. The highest BCUT2D eigenvalue weighted by Gasteiger charge is 2.11. The first-order chi connectivity index (χ1) is 16.4. The lowest BCUT2D eigenvalue weighted by atomic mass is 10.1. The minimum Gasteiger partial charge on any atom is -0.507 e. The molecule has 0 saturated carbocycles. The fourth-order valence-corrected chi connectivity index (χ4v) is 3.56. The Bertz CT molecular complexity index is 850. The molecule has 0 spiro atoms. The van der Waals surface area contributed by atoms with Gasteiger partial charge in [-0.05, 0) is 37.1 Å². The van der Waals surface area contributed by atoms with Crippen LogP contribution in [-0.2, 0) is 0 Å². The lowest BCUT2D eigenvalue weighted by molar-refractivity contribution is 0.0682. The van der Waals surface area contributed by atoms with Crippen molar-refractivity contribution in [2.75, 3.05) is 13.2 Å². The molecule has 0 amide bonds. The number of hydrogen-bond donors (Lipinski definition) is 4. The number of phenols is 2. The zero-order valence-corrected chi connectivity index (χ0v) is 19.4. The van der Waals surface area contributed by atoms with E-state index < -0.39 is 11.9 Å². The summed E-state index contributed by atoms with van der Waals surface area (Å²) in [5.74, 6) is -1.96. The first kappa shape index (κ1) is 26.8. The number of aromatic hydroxyl groups is 2. The fourth-order valence-electron chi connectivity index (χ4n) is 3.56. The van der Waals surface area contributed by atoms with E-state index in [0.717, 1.165) is 38.5 Å². The number of unbranched alkanes of at least 4 members (excludes halogenated alkanes) is 9. The summed E-state index contributed by atoms with van der Waals surface area (Å²) in [6, 6.07) is 8.45. The summed E-state index contributed by atoms with van der Waals surface area (Å²) in [6.45, 7) is 1.08. The summed E-state index contributed by atoms with van der Waals surface area (Å²) in [5.41, 5.74) is -0.265. The SMILES string of the molecule is O=C(O)c1ccc(OCCCCCCCCCCCCOc2ccc(C(=O)O)c(O)c2)cc1O. The summed E-state index contributed by atoms with van der Waals surface area (Å²) >= 11 is 0. The molecule has 2 rings (SSSR count). The predicted octanol–water partition coefficient (Wildman–Crippen LogP) is 5.85. The van der Waals surface area contributed by atoms with Gasteiger partial charge >= 0.3 is 11.9 Å². The van der Waals surface area contributed by atoms with Crippen molar-refractivity contribution in [3.63, 3.8) is 0 Å². The lowest BCUT2D eigenvalue weighted by Gasteiger charge is -2.08. The Morgan fingerprint density at radius 2 is 0.882 bits per heavy atom. The van der Waals surface area contributed by atoms with E-state index in [0.29, 0.717) is 24.7 Å². The van der Waals surface area contributed by atoms with E-state index in [2.05, 4.69) is 0 Å². The van der Waals surface area contributed by atoms with E-state index in [1.54, 1.807) is 12.1 Å². The van der Waals surface area contributed by atoms with Crippen molar-refractivity contribution in [3.05, 3.63) is 47.5 Å². The quantitative estimate of drug-likeness (QED) is 0.210. The van der Waals surface area contributed by atoms with E-state index in [9.17, 15) is 19.8 Å². The summed E-state index contributed by atoms with van der Waals surface area (Å²) in [4.78, 5) is 21.7. The Kier molecular flexibility index (Phi) is 11.6. The number of carboxylic acids is 2. The maximum Gasteiger partial charge on any atom is 0.339 e. The molecule has 0 aliphatic rings. The molecule has 0 heterocycles. The first-order valence-corrected chi connectivity index (χ1v) is 11.8. The molecule has 2 aromatic rings. The third-order valence-corrected chi connectivity index (χ3v) is 5.48. The normalized spacial score (nSPS) is 10.7. The molecule has 8 heteroatoms. The molecular weight excluding hydrogens is 440 g/mol. The zero-order chi connectivity index (χ0) is 24.8. The number of rotatable bonds is 17. The van der Waals surface area contributed by atoms with Gasteiger partial charge in [0, 0.05) is 12.1 Å². The topological polar surface area (TPSA) is 134 Å². The van der Waals surface area contributed by atoms with Crippen LogP contribution in [-0.4, -0.2) is 45.6 Å². The molecule has 0 fully saturated rings. The number of carbonyl (C=O) groups is 2. The molecule has 0 saturated heterocycles. The standard InChI is InChI=1S/C26H34O8/c27-23-17-19(11-13-21(23)25(29)30)33-15-9-7-5-3-1-2-4-6-8-10-16-34-20-12-14-22(26(31)32)24(28)18-20/h11-14,17-18,27-28H,1-10,15-16H2,(H,29,30)(H,31,32). The Morgan fingerprint density at radius 1 is 0.559 bits per heavy atom. The number of ether oxygens (including phenoxy) is 2. The fraction of sp³-hybridized carbons (Fsp3) is 0.462. The van der Waals surface area contributed by atoms with Crippen LogP contribution < -0.4 is 9.47 Å². The van der Waals surface area contributed by atoms with Crippen LogP contribution in [0.15, 0.2) is 36.4 Å². The van der Waals surface area contributed by atoms with Gasteiger partial charge in [0.25, 0.3) is 0 Å². The van der Waals surface area contributed by atoms with Gasteiger partial charge in [0.2, 0.25) is 0 Å². The van der Waals surface area contributed by atoms with Crippen LogP contribution in [0.1, 0.15) is 84.9 Å². The number of carboxylic acid groups (broad SMARTS) is 2. The zero-order valence-electron chi connectivity index (χ0n) is 19.4. The molecule has 34 heavy (non-hydrogen) atoms. The van der Waals surface area contributed by atoms with Gasteiger partial charge in [-0.2, -0.15) is 0 Å². The molecule has 0 unspecified atom stereocenters. The molecule has 0 aliphatic heterocycles. The van der Waals surface area contributed by atoms with Crippen LogP contribution in [0.4, 0.5) is 0 Å². The molecule has 2 aromatic carbocycles. The highest BCUT2D eigenvalue weighted by atomic mass is 16.5. The largest absolute Gasteiger partial charge is 0.507 e. The van der Waals surface area contributed by atoms with Crippen molar-refractivity contribution in [2.45, 2.75) is 64.2 Å². The molecule has 0 aliphatic carbocycles. The van der Waals surface area contributed by atoms with Gasteiger partial charge in [-0.3, -0.25) is 0 Å². The molecular formula is C26H34O8. The highest BCUT2D eigenvalue weighted by Crippen LogP contribution is 2.25. The minimum absolute atomic E-state index is 0.133. The van der Waals surface area contributed by atoms with Crippen LogP contribution >= 0.6 is 0 Å². The van der Waals surface area contributed by atoms with Crippen LogP contribution in [0, 0.1) is 0 Å². The summed E-state index contributed by atoms with van der Waals surface area (Å²) in [7, 11) is 0. The Hall–Kier alpha value is -3.42. The Labute approximate surface area is 199 Å². The first-order valence-electron chi connectivity index (χ1n) is 11.8. The molecule has 0 bridgehead atoms. The van der Waals surface area contributed by atoms with Crippen molar-refractivity contribution in [3.8, 4) is 23.0 Å². The second kappa shape index (κ2) is 14.7.